The number of thiophene rings is 1. The van der Waals surface area contributed by atoms with Gasteiger partial charge in [0.2, 0.25) is 5.95 Å². The molecule has 0 saturated heterocycles. The van der Waals surface area contributed by atoms with Crippen LogP contribution in [0.25, 0.3) is 10.4 Å². The molecule has 0 aliphatic rings. The molecule has 0 unspecified atom stereocenters. The molecule has 2 rings (SSSR count). The van der Waals surface area contributed by atoms with Crippen LogP contribution in [0.15, 0.2) is 29.9 Å². The SMILES string of the molecule is CC(=O)CNc1ncc(-c2cccs2)cn1. The fraction of sp³-hybridized carbons (Fsp3) is 0.182. The third-order valence-corrected chi connectivity index (χ3v) is 2.87. The maximum atomic E-state index is 10.8. The molecule has 1 N–H and O–H groups in total. The molecule has 0 saturated carbocycles. The highest BCUT2D eigenvalue weighted by atomic mass is 32.1. The summed E-state index contributed by atoms with van der Waals surface area (Å²) in [4.78, 5) is 20.2. The number of carbonyl (C=O) groups is 1. The monoisotopic (exact) mass is 233 g/mol. The lowest BCUT2D eigenvalue weighted by molar-refractivity contribution is -0.115. The molecule has 4 nitrogen and oxygen atoms in total. The van der Waals surface area contributed by atoms with Crippen molar-refractivity contribution in [3.63, 3.8) is 0 Å². The predicted octanol–water partition coefficient (Wildman–Crippen LogP) is 2.21. The zero-order chi connectivity index (χ0) is 11.4. The number of aromatic nitrogens is 2. The lowest BCUT2D eigenvalue weighted by Gasteiger charge is -2.02. The zero-order valence-corrected chi connectivity index (χ0v) is 9.62. The number of rotatable bonds is 4. The molecule has 0 bridgehead atoms. The molecule has 0 aliphatic heterocycles. The summed E-state index contributed by atoms with van der Waals surface area (Å²) in [5.41, 5.74) is 0.989. The normalized spacial score (nSPS) is 10.1. The first-order chi connectivity index (χ1) is 7.75. The molecule has 0 fully saturated rings. The lowest BCUT2D eigenvalue weighted by Crippen LogP contribution is -2.11. The van der Waals surface area contributed by atoms with E-state index >= 15 is 0 Å². The van der Waals surface area contributed by atoms with Crippen molar-refractivity contribution in [3.8, 4) is 10.4 Å². The Hall–Kier alpha value is -1.75. The van der Waals surface area contributed by atoms with E-state index in [0.717, 1.165) is 10.4 Å². The van der Waals surface area contributed by atoms with Crippen LogP contribution in [0.4, 0.5) is 5.95 Å². The molecule has 0 aliphatic carbocycles. The Bertz CT molecular complexity index is 464. The summed E-state index contributed by atoms with van der Waals surface area (Å²) in [7, 11) is 0. The van der Waals surface area contributed by atoms with Crippen molar-refractivity contribution in [2.24, 2.45) is 0 Å². The fourth-order valence-corrected chi connectivity index (χ4v) is 1.90. The van der Waals surface area contributed by atoms with E-state index in [4.69, 9.17) is 0 Å². The molecule has 2 aromatic heterocycles. The quantitative estimate of drug-likeness (QED) is 0.879. The second-order valence-electron chi connectivity index (χ2n) is 3.33. The van der Waals surface area contributed by atoms with E-state index in [1.165, 1.54) is 6.92 Å². The van der Waals surface area contributed by atoms with Crippen molar-refractivity contribution in [3.05, 3.63) is 29.9 Å². The third-order valence-electron chi connectivity index (χ3n) is 1.95. The second kappa shape index (κ2) is 4.85. The molecule has 2 heterocycles. The van der Waals surface area contributed by atoms with Gasteiger partial charge in [-0.2, -0.15) is 0 Å². The van der Waals surface area contributed by atoms with E-state index in [2.05, 4.69) is 15.3 Å². The molecular weight excluding hydrogens is 222 g/mol. The average molecular weight is 233 g/mol. The summed E-state index contributed by atoms with van der Waals surface area (Å²) in [6, 6.07) is 4.01. The highest BCUT2D eigenvalue weighted by molar-refractivity contribution is 7.13. The number of anilines is 1. The lowest BCUT2D eigenvalue weighted by atomic mass is 10.3. The van der Waals surface area contributed by atoms with E-state index in [-0.39, 0.29) is 12.3 Å². The molecule has 0 spiro atoms. The minimum absolute atomic E-state index is 0.0610. The van der Waals surface area contributed by atoms with Crippen molar-refractivity contribution < 1.29 is 4.79 Å². The van der Waals surface area contributed by atoms with Gasteiger partial charge in [0.25, 0.3) is 0 Å². The van der Waals surface area contributed by atoms with Gasteiger partial charge in [0.05, 0.1) is 6.54 Å². The molecule has 0 atom stereocenters. The van der Waals surface area contributed by atoms with Gasteiger partial charge in [0, 0.05) is 22.8 Å². The third kappa shape index (κ3) is 2.64. The van der Waals surface area contributed by atoms with Crippen LogP contribution in [0.3, 0.4) is 0 Å². The Morgan fingerprint density at radius 2 is 2.19 bits per heavy atom. The van der Waals surface area contributed by atoms with Crippen LogP contribution in [-0.4, -0.2) is 22.3 Å². The summed E-state index contributed by atoms with van der Waals surface area (Å²) in [5, 5.41) is 4.86. The van der Waals surface area contributed by atoms with Crippen LogP contribution in [0.5, 0.6) is 0 Å². The van der Waals surface area contributed by atoms with Crippen LogP contribution in [0, 0.1) is 0 Å². The van der Waals surface area contributed by atoms with E-state index in [1.807, 2.05) is 17.5 Å². The summed E-state index contributed by atoms with van der Waals surface area (Å²) >= 11 is 1.65. The molecule has 16 heavy (non-hydrogen) atoms. The minimum atomic E-state index is 0.0610. The highest BCUT2D eigenvalue weighted by Gasteiger charge is 2.01. The summed E-state index contributed by atoms with van der Waals surface area (Å²) in [6.45, 7) is 1.78. The standard InChI is InChI=1S/C11H11N3OS/c1-8(15)5-12-11-13-6-9(7-14-11)10-3-2-4-16-10/h2-4,6-7H,5H2,1H3,(H,12,13,14). The highest BCUT2D eigenvalue weighted by Crippen LogP contribution is 2.23. The second-order valence-corrected chi connectivity index (χ2v) is 4.28. The first kappa shape index (κ1) is 10.8. The Kier molecular flexibility index (Phi) is 3.26. The van der Waals surface area contributed by atoms with Crippen LogP contribution in [-0.2, 0) is 4.79 Å². The maximum absolute atomic E-state index is 10.8. The molecule has 82 valence electrons. The number of hydrogen-bond donors (Lipinski definition) is 1. The van der Waals surface area contributed by atoms with E-state index in [1.54, 1.807) is 23.7 Å². The number of nitrogens with zero attached hydrogens (tertiary/aromatic N) is 2. The maximum Gasteiger partial charge on any atom is 0.222 e. The Balaban J connectivity index is 2.08. The molecule has 2 aromatic rings. The van der Waals surface area contributed by atoms with Crippen LogP contribution >= 0.6 is 11.3 Å². The molecular formula is C11H11N3OS. The van der Waals surface area contributed by atoms with Gasteiger partial charge in [-0.3, -0.25) is 4.79 Å². The van der Waals surface area contributed by atoms with Crippen molar-refractivity contribution in [2.75, 3.05) is 11.9 Å². The van der Waals surface area contributed by atoms with Crippen LogP contribution < -0.4 is 5.32 Å². The van der Waals surface area contributed by atoms with Gasteiger partial charge in [-0.15, -0.1) is 11.3 Å². The minimum Gasteiger partial charge on any atom is -0.347 e. The van der Waals surface area contributed by atoms with Gasteiger partial charge in [-0.05, 0) is 18.4 Å². The topological polar surface area (TPSA) is 54.9 Å². The van der Waals surface area contributed by atoms with Crippen LogP contribution in [0.2, 0.25) is 0 Å². The van der Waals surface area contributed by atoms with Crippen molar-refractivity contribution in [1.29, 1.82) is 0 Å². The van der Waals surface area contributed by atoms with Crippen molar-refractivity contribution >= 4 is 23.1 Å². The number of ketones is 1. The molecule has 0 radical (unpaired) electrons. The average Bonchev–Trinajstić information content (AvgIpc) is 2.80. The number of nitrogens with one attached hydrogen (secondary N) is 1. The van der Waals surface area contributed by atoms with Crippen molar-refractivity contribution in [2.45, 2.75) is 6.92 Å². The number of Topliss-reactive ketones (excluding diaryl/α,β-unsaturated/α-hetero) is 1. The smallest absolute Gasteiger partial charge is 0.222 e. The van der Waals surface area contributed by atoms with E-state index in [9.17, 15) is 4.79 Å². The van der Waals surface area contributed by atoms with Gasteiger partial charge >= 0.3 is 0 Å². The Morgan fingerprint density at radius 1 is 1.44 bits per heavy atom. The Morgan fingerprint density at radius 3 is 2.75 bits per heavy atom. The van der Waals surface area contributed by atoms with Gasteiger partial charge in [0.1, 0.15) is 5.78 Å². The largest absolute Gasteiger partial charge is 0.347 e. The van der Waals surface area contributed by atoms with Gasteiger partial charge in [0.15, 0.2) is 0 Å². The van der Waals surface area contributed by atoms with Crippen molar-refractivity contribution in [1.82, 2.24) is 9.97 Å². The zero-order valence-electron chi connectivity index (χ0n) is 8.80. The number of carbonyl (C=O) groups excluding carboxylic acids is 1. The first-order valence-corrected chi connectivity index (χ1v) is 5.73. The predicted molar refractivity (Wildman–Crippen MR) is 64.5 cm³/mol. The van der Waals surface area contributed by atoms with Gasteiger partial charge < -0.3 is 5.32 Å². The molecule has 0 aromatic carbocycles. The van der Waals surface area contributed by atoms with E-state index in [0.29, 0.717) is 5.95 Å². The molecule has 0 amide bonds. The van der Waals surface area contributed by atoms with Gasteiger partial charge in [-0.1, -0.05) is 6.07 Å². The fourth-order valence-electron chi connectivity index (χ4n) is 1.19. The van der Waals surface area contributed by atoms with E-state index < -0.39 is 0 Å². The molecule has 5 heteroatoms. The summed E-state index contributed by atoms with van der Waals surface area (Å²) in [5.74, 6) is 0.543. The summed E-state index contributed by atoms with van der Waals surface area (Å²) < 4.78 is 0. The number of hydrogen-bond acceptors (Lipinski definition) is 5. The van der Waals surface area contributed by atoms with Gasteiger partial charge in [-0.25, -0.2) is 9.97 Å². The Labute approximate surface area is 97.4 Å². The first-order valence-electron chi connectivity index (χ1n) is 4.85. The van der Waals surface area contributed by atoms with Crippen LogP contribution in [0.1, 0.15) is 6.92 Å². The summed E-state index contributed by atoms with van der Waals surface area (Å²) in [6.07, 6.45) is 3.50.